The molecule has 0 aromatic heterocycles. The maximum atomic E-state index is 5.38. The van der Waals surface area contributed by atoms with Gasteiger partial charge in [-0.05, 0) is 44.9 Å². The number of hydrogen-bond acceptors (Lipinski definition) is 2. The fraction of sp³-hybridized carbons (Fsp3) is 0.538. The standard InChI is InChI=1S/C13H20BrNO/c1-10-11(14)6-5-7-12(10)15-9-8-13(2,3)16-4/h5-7,15H,8-9H2,1-4H3. The average molecular weight is 286 g/mol. The zero-order chi connectivity index (χ0) is 12.2. The summed E-state index contributed by atoms with van der Waals surface area (Å²) in [5.74, 6) is 0. The molecule has 0 fully saturated rings. The van der Waals surface area contributed by atoms with Crippen LogP contribution in [0.3, 0.4) is 0 Å². The minimum atomic E-state index is -0.0626. The highest BCUT2D eigenvalue weighted by Gasteiger charge is 2.15. The summed E-state index contributed by atoms with van der Waals surface area (Å²) >= 11 is 3.53. The van der Waals surface area contributed by atoms with Crippen LogP contribution in [0, 0.1) is 6.92 Å². The number of rotatable bonds is 5. The van der Waals surface area contributed by atoms with E-state index in [-0.39, 0.29) is 5.60 Å². The molecule has 0 saturated heterocycles. The summed E-state index contributed by atoms with van der Waals surface area (Å²) in [6, 6.07) is 6.19. The summed E-state index contributed by atoms with van der Waals surface area (Å²) < 4.78 is 6.52. The highest BCUT2D eigenvalue weighted by atomic mass is 79.9. The van der Waals surface area contributed by atoms with Gasteiger partial charge in [0.05, 0.1) is 5.60 Å². The van der Waals surface area contributed by atoms with Crippen LogP contribution in [0.25, 0.3) is 0 Å². The van der Waals surface area contributed by atoms with E-state index >= 15 is 0 Å². The lowest BCUT2D eigenvalue weighted by Crippen LogP contribution is -2.25. The van der Waals surface area contributed by atoms with Crippen LogP contribution in [0.2, 0.25) is 0 Å². The first kappa shape index (κ1) is 13.5. The first-order valence-electron chi connectivity index (χ1n) is 5.50. The molecule has 0 saturated carbocycles. The largest absolute Gasteiger partial charge is 0.385 e. The third-order valence-corrected chi connectivity index (χ3v) is 3.72. The second kappa shape index (κ2) is 5.69. The Hall–Kier alpha value is -0.540. The Morgan fingerprint density at radius 3 is 2.69 bits per heavy atom. The SMILES string of the molecule is COC(C)(C)CCNc1cccc(Br)c1C. The fourth-order valence-electron chi connectivity index (χ4n) is 1.40. The Bertz CT molecular complexity index is 350. The molecule has 90 valence electrons. The van der Waals surface area contributed by atoms with Crippen molar-refractivity contribution in [3.8, 4) is 0 Å². The molecule has 0 atom stereocenters. The third kappa shape index (κ3) is 3.80. The molecule has 0 aliphatic rings. The lowest BCUT2D eigenvalue weighted by molar-refractivity contribution is 0.0185. The Kier molecular flexibility index (Phi) is 4.81. The van der Waals surface area contributed by atoms with Gasteiger partial charge in [0.1, 0.15) is 0 Å². The molecule has 0 unspecified atom stereocenters. The van der Waals surface area contributed by atoms with E-state index in [1.54, 1.807) is 7.11 Å². The van der Waals surface area contributed by atoms with Gasteiger partial charge in [0, 0.05) is 23.8 Å². The number of methoxy groups -OCH3 is 1. The Morgan fingerprint density at radius 2 is 2.06 bits per heavy atom. The third-order valence-electron chi connectivity index (χ3n) is 2.86. The summed E-state index contributed by atoms with van der Waals surface area (Å²) in [7, 11) is 1.75. The molecular formula is C13H20BrNO. The molecule has 0 aliphatic heterocycles. The number of hydrogen-bond donors (Lipinski definition) is 1. The predicted molar refractivity (Wildman–Crippen MR) is 73.1 cm³/mol. The molecule has 1 aromatic rings. The van der Waals surface area contributed by atoms with Crippen molar-refractivity contribution < 1.29 is 4.74 Å². The molecule has 0 aliphatic carbocycles. The van der Waals surface area contributed by atoms with Crippen molar-refractivity contribution in [2.45, 2.75) is 32.8 Å². The number of anilines is 1. The molecule has 1 N–H and O–H groups in total. The molecule has 2 nitrogen and oxygen atoms in total. The van der Waals surface area contributed by atoms with E-state index in [9.17, 15) is 0 Å². The summed E-state index contributed by atoms with van der Waals surface area (Å²) in [5.41, 5.74) is 2.37. The van der Waals surface area contributed by atoms with E-state index < -0.39 is 0 Å². The van der Waals surface area contributed by atoms with Crippen LogP contribution in [0.5, 0.6) is 0 Å². The van der Waals surface area contributed by atoms with Crippen LogP contribution < -0.4 is 5.32 Å². The van der Waals surface area contributed by atoms with Gasteiger partial charge in [-0.3, -0.25) is 0 Å². The van der Waals surface area contributed by atoms with Gasteiger partial charge in [-0.2, -0.15) is 0 Å². The van der Waals surface area contributed by atoms with Crippen molar-refractivity contribution in [2.24, 2.45) is 0 Å². The van der Waals surface area contributed by atoms with Gasteiger partial charge in [-0.25, -0.2) is 0 Å². The van der Waals surface area contributed by atoms with E-state index in [4.69, 9.17) is 4.74 Å². The summed E-state index contributed by atoms with van der Waals surface area (Å²) in [4.78, 5) is 0. The molecule has 0 amide bonds. The smallest absolute Gasteiger partial charge is 0.0639 e. The predicted octanol–water partition coefficient (Wildman–Crippen LogP) is 3.98. The zero-order valence-corrected chi connectivity index (χ0v) is 12.0. The molecule has 0 radical (unpaired) electrons. The monoisotopic (exact) mass is 285 g/mol. The van der Waals surface area contributed by atoms with Crippen molar-refractivity contribution in [1.29, 1.82) is 0 Å². The van der Waals surface area contributed by atoms with Crippen LogP contribution in [-0.2, 0) is 4.74 Å². The number of halogens is 1. The van der Waals surface area contributed by atoms with Crippen molar-refractivity contribution in [1.82, 2.24) is 0 Å². The Labute approximate surface area is 107 Å². The van der Waals surface area contributed by atoms with E-state index in [1.165, 1.54) is 11.3 Å². The van der Waals surface area contributed by atoms with Gasteiger partial charge in [-0.15, -0.1) is 0 Å². The molecule has 0 bridgehead atoms. The minimum Gasteiger partial charge on any atom is -0.385 e. The average Bonchev–Trinajstić information content (AvgIpc) is 2.24. The number of benzene rings is 1. The Morgan fingerprint density at radius 1 is 1.38 bits per heavy atom. The van der Waals surface area contributed by atoms with Crippen molar-refractivity contribution in [3.63, 3.8) is 0 Å². The normalized spacial score (nSPS) is 11.6. The topological polar surface area (TPSA) is 21.3 Å². The van der Waals surface area contributed by atoms with Crippen LogP contribution in [-0.4, -0.2) is 19.3 Å². The highest BCUT2D eigenvalue weighted by Crippen LogP contribution is 2.23. The highest BCUT2D eigenvalue weighted by molar-refractivity contribution is 9.10. The van der Waals surface area contributed by atoms with Gasteiger partial charge >= 0.3 is 0 Å². The van der Waals surface area contributed by atoms with E-state index in [0.717, 1.165) is 17.4 Å². The summed E-state index contributed by atoms with van der Waals surface area (Å²) in [6.45, 7) is 7.22. The van der Waals surface area contributed by atoms with Gasteiger partial charge in [0.25, 0.3) is 0 Å². The summed E-state index contributed by atoms with van der Waals surface area (Å²) in [5, 5.41) is 3.43. The van der Waals surface area contributed by atoms with Crippen LogP contribution in [0.4, 0.5) is 5.69 Å². The fourth-order valence-corrected chi connectivity index (χ4v) is 1.77. The van der Waals surface area contributed by atoms with Gasteiger partial charge in [-0.1, -0.05) is 22.0 Å². The molecule has 0 heterocycles. The maximum Gasteiger partial charge on any atom is 0.0639 e. The van der Waals surface area contributed by atoms with Gasteiger partial charge in [0.2, 0.25) is 0 Å². The molecular weight excluding hydrogens is 266 g/mol. The zero-order valence-electron chi connectivity index (χ0n) is 10.4. The van der Waals surface area contributed by atoms with Crippen LogP contribution >= 0.6 is 15.9 Å². The van der Waals surface area contributed by atoms with Gasteiger partial charge in [0.15, 0.2) is 0 Å². The quantitative estimate of drug-likeness (QED) is 0.883. The Balaban J connectivity index is 2.53. The van der Waals surface area contributed by atoms with E-state index in [0.29, 0.717) is 0 Å². The van der Waals surface area contributed by atoms with Crippen molar-refractivity contribution >= 4 is 21.6 Å². The molecule has 1 aromatic carbocycles. The first-order valence-corrected chi connectivity index (χ1v) is 6.30. The number of ether oxygens (including phenoxy) is 1. The number of nitrogens with one attached hydrogen (secondary N) is 1. The summed E-state index contributed by atoms with van der Waals surface area (Å²) in [6.07, 6.45) is 0.982. The van der Waals surface area contributed by atoms with Gasteiger partial charge < -0.3 is 10.1 Å². The lowest BCUT2D eigenvalue weighted by Gasteiger charge is -2.23. The lowest BCUT2D eigenvalue weighted by atomic mass is 10.1. The van der Waals surface area contributed by atoms with Crippen molar-refractivity contribution in [3.05, 3.63) is 28.2 Å². The van der Waals surface area contributed by atoms with Crippen molar-refractivity contribution in [2.75, 3.05) is 19.0 Å². The molecule has 1 rings (SSSR count). The van der Waals surface area contributed by atoms with E-state index in [2.05, 4.69) is 54.2 Å². The second-order valence-electron chi connectivity index (χ2n) is 4.55. The molecule has 3 heteroatoms. The maximum absolute atomic E-state index is 5.38. The molecule has 16 heavy (non-hydrogen) atoms. The first-order chi connectivity index (χ1) is 7.46. The van der Waals surface area contributed by atoms with E-state index in [1.807, 2.05) is 6.07 Å². The van der Waals surface area contributed by atoms with Crippen LogP contribution in [0.15, 0.2) is 22.7 Å². The second-order valence-corrected chi connectivity index (χ2v) is 5.41. The van der Waals surface area contributed by atoms with Crippen LogP contribution in [0.1, 0.15) is 25.8 Å². The minimum absolute atomic E-state index is 0.0626. The molecule has 0 spiro atoms.